The van der Waals surface area contributed by atoms with Gasteiger partial charge in [-0.15, -0.1) is 0 Å². The second-order valence-corrected chi connectivity index (χ2v) is 5.92. The summed E-state index contributed by atoms with van der Waals surface area (Å²) in [5, 5.41) is 2.51. The van der Waals surface area contributed by atoms with Crippen LogP contribution < -0.4 is 11.1 Å². The minimum atomic E-state index is -3.36. The minimum Gasteiger partial charge on any atom is -0.324 e. The number of amides is 1. The van der Waals surface area contributed by atoms with Crippen molar-refractivity contribution in [1.82, 2.24) is 0 Å². The first kappa shape index (κ1) is 13.7. The minimum absolute atomic E-state index is 0.0158. The number of para-hydroxylation sites is 1. The lowest BCUT2D eigenvalue weighted by Gasteiger charge is -2.12. The van der Waals surface area contributed by atoms with Crippen molar-refractivity contribution in [1.29, 1.82) is 0 Å². The van der Waals surface area contributed by atoms with Crippen LogP contribution in [0.15, 0.2) is 29.2 Å². The van der Waals surface area contributed by atoms with E-state index in [1.807, 2.05) is 0 Å². The lowest BCUT2D eigenvalue weighted by atomic mass is 10.3. The van der Waals surface area contributed by atoms with E-state index >= 15 is 0 Å². The number of carbonyl (C=O) groups is 1. The van der Waals surface area contributed by atoms with Crippen molar-refractivity contribution in [2.45, 2.75) is 24.8 Å². The fraction of sp³-hybridized carbons (Fsp3) is 0.364. The van der Waals surface area contributed by atoms with Gasteiger partial charge in [0, 0.05) is 0 Å². The van der Waals surface area contributed by atoms with Crippen LogP contribution in [-0.2, 0) is 14.6 Å². The molecular weight excluding hydrogens is 240 g/mol. The molecule has 5 nitrogen and oxygen atoms in total. The zero-order valence-electron chi connectivity index (χ0n) is 9.80. The third kappa shape index (κ3) is 3.28. The molecule has 1 aromatic rings. The van der Waals surface area contributed by atoms with E-state index in [-0.39, 0.29) is 16.3 Å². The molecule has 0 heterocycles. The molecule has 0 aromatic heterocycles. The Morgan fingerprint density at radius 1 is 1.41 bits per heavy atom. The maximum Gasteiger partial charge on any atom is 0.241 e. The van der Waals surface area contributed by atoms with E-state index in [1.54, 1.807) is 25.1 Å². The molecule has 1 aromatic carbocycles. The molecule has 1 rings (SSSR count). The molecule has 1 atom stereocenters. The van der Waals surface area contributed by atoms with Gasteiger partial charge in [0.15, 0.2) is 9.84 Å². The zero-order valence-corrected chi connectivity index (χ0v) is 10.6. The van der Waals surface area contributed by atoms with Gasteiger partial charge in [0.2, 0.25) is 5.91 Å². The largest absolute Gasteiger partial charge is 0.324 e. The van der Waals surface area contributed by atoms with E-state index in [9.17, 15) is 13.2 Å². The summed E-state index contributed by atoms with van der Waals surface area (Å²) in [6.45, 7) is 3.09. The van der Waals surface area contributed by atoms with Gasteiger partial charge in [-0.25, -0.2) is 8.42 Å². The number of anilines is 1. The summed E-state index contributed by atoms with van der Waals surface area (Å²) in [7, 11) is -3.36. The van der Waals surface area contributed by atoms with E-state index < -0.39 is 21.8 Å². The molecule has 3 N–H and O–H groups in total. The SMILES string of the molecule is CCS(=O)(=O)c1ccccc1NC(=O)[C@H](C)N. The Balaban J connectivity index is 3.14. The number of hydrogen-bond acceptors (Lipinski definition) is 4. The van der Waals surface area contributed by atoms with Gasteiger partial charge in [-0.2, -0.15) is 0 Å². The topological polar surface area (TPSA) is 89.3 Å². The molecular formula is C11H16N2O3S. The van der Waals surface area contributed by atoms with Crippen molar-refractivity contribution < 1.29 is 13.2 Å². The van der Waals surface area contributed by atoms with Crippen LogP contribution >= 0.6 is 0 Å². The fourth-order valence-electron chi connectivity index (χ4n) is 1.24. The molecule has 0 aliphatic rings. The van der Waals surface area contributed by atoms with Crippen LogP contribution in [0.25, 0.3) is 0 Å². The second kappa shape index (κ2) is 5.29. The van der Waals surface area contributed by atoms with E-state index in [0.29, 0.717) is 0 Å². The Labute approximate surface area is 101 Å². The standard InChI is InChI=1S/C11H16N2O3S/c1-3-17(15,16)10-7-5-4-6-9(10)13-11(14)8(2)12/h4-8H,3,12H2,1-2H3,(H,13,14)/t8-/m0/s1. The molecule has 17 heavy (non-hydrogen) atoms. The van der Waals surface area contributed by atoms with Gasteiger partial charge in [-0.1, -0.05) is 19.1 Å². The summed E-state index contributed by atoms with van der Waals surface area (Å²) in [5.41, 5.74) is 5.69. The van der Waals surface area contributed by atoms with Crippen LogP contribution in [0.1, 0.15) is 13.8 Å². The summed E-state index contributed by atoms with van der Waals surface area (Å²) in [6.07, 6.45) is 0. The molecule has 0 unspecified atom stereocenters. The molecule has 0 bridgehead atoms. The van der Waals surface area contributed by atoms with Gasteiger partial charge in [-0.05, 0) is 19.1 Å². The van der Waals surface area contributed by atoms with Crippen molar-refractivity contribution in [3.63, 3.8) is 0 Å². The molecule has 0 spiro atoms. The Kier molecular flexibility index (Phi) is 4.25. The maximum absolute atomic E-state index is 11.8. The van der Waals surface area contributed by atoms with Gasteiger partial charge in [0.1, 0.15) is 0 Å². The Bertz CT molecular complexity index is 509. The quantitative estimate of drug-likeness (QED) is 0.832. The van der Waals surface area contributed by atoms with E-state index in [0.717, 1.165) is 0 Å². The van der Waals surface area contributed by atoms with Crippen LogP contribution in [0.4, 0.5) is 5.69 Å². The zero-order chi connectivity index (χ0) is 13.1. The first-order chi connectivity index (χ1) is 7.88. The number of hydrogen-bond donors (Lipinski definition) is 2. The van der Waals surface area contributed by atoms with Crippen LogP contribution in [0, 0.1) is 0 Å². The lowest BCUT2D eigenvalue weighted by Crippen LogP contribution is -2.33. The number of nitrogens with two attached hydrogens (primary N) is 1. The summed E-state index contributed by atoms with van der Waals surface area (Å²) in [6, 6.07) is 5.60. The summed E-state index contributed by atoms with van der Waals surface area (Å²) in [5.74, 6) is -0.429. The molecule has 0 aliphatic heterocycles. The van der Waals surface area contributed by atoms with E-state index in [2.05, 4.69) is 5.32 Å². The smallest absolute Gasteiger partial charge is 0.241 e. The van der Waals surface area contributed by atoms with Crippen molar-refractivity contribution in [2.24, 2.45) is 5.73 Å². The van der Waals surface area contributed by atoms with Crippen LogP contribution in [0.2, 0.25) is 0 Å². The molecule has 6 heteroatoms. The number of sulfone groups is 1. The summed E-state index contributed by atoms with van der Waals surface area (Å²) >= 11 is 0. The predicted molar refractivity (Wildman–Crippen MR) is 66.4 cm³/mol. The van der Waals surface area contributed by atoms with Gasteiger partial charge in [0.25, 0.3) is 0 Å². The van der Waals surface area contributed by atoms with E-state index in [1.165, 1.54) is 13.0 Å². The molecule has 0 saturated heterocycles. The van der Waals surface area contributed by atoms with Crippen LogP contribution in [-0.4, -0.2) is 26.1 Å². The molecule has 0 aliphatic carbocycles. The third-order valence-electron chi connectivity index (χ3n) is 2.27. The maximum atomic E-state index is 11.8. The Morgan fingerprint density at radius 2 is 2.00 bits per heavy atom. The lowest BCUT2D eigenvalue weighted by molar-refractivity contribution is -0.117. The van der Waals surface area contributed by atoms with Crippen molar-refractivity contribution in [3.8, 4) is 0 Å². The third-order valence-corrected chi connectivity index (χ3v) is 4.06. The highest BCUT2D eigenvalue weighted by molar-refractivity contribution is 7.91. The van der Waals surface area contributed by atoms with E-state index in [4.69, 9.17) is 5.73 Å². The number of nitrogens with one attached hydrogen (secondary N) is 1. The predicted octanol–water partition coefficient (Wildman–Crippen LogP) is 0.766. The number of carbonyl (C=O) groups excluding carboxylic acids is 1. The highest BCUT2D eigenvalue weighted by Gasteiger charge is 2.18. The van der Waals surface area contributed by atoms with Gasteiger partial charge < -0.3 is 11.1 Å². The van der Waals surface area contributed by atoms with Gasteiger partial charge in [-0.3, -0.25) is 4.79 Å². The molecule has 0 fully saturated rings. The summed E-state index contributed by atoms with van der Waals surface area (Å²) < 4.78 is 23.6. The van der Waals surface area contributed by atoms with Gasteiger partial charge >= 0.3 is 0 Å². The Hall–Kier alpha value is -1.40. The number of rotatable bonds is 4. The van der Waals surface area contributed by atoms with Crippen molar-refractivity contribution >= 4 is 21.4 Å². The highest BCUT2D eigenvalue weighted by atomic mass is 32.2. The van der Waals surface area contributed by atoms with Crippen molar-refractivity contribution in [3.05, 3.63) is 24.3 Å². The van der Waals surface area contributed by atoms with Gasteiger partial charge in [0.05, 0.1) is 22.4 Å². The first-order valence-corrected chi connectivity index (χ1v) is 6.92. The number of benzene rings is 1. The molecule has 1 amide bonds. The first-order valence-electron chi connectivity index (χ1n) is 5.26. The second-order valence-electron chi connectivity index (χ2n) is 3.68. The normalized spacial score (nSPS) is 13.1. The van der Waals surface area contributed by atoms with Crippen LogP contribution in [0.5, 0.6) is 0 Å². The van der Waals surface area contributed by atoms with Crippen molar-refractivity contribution in [2.75, 3.05) is 11.1 Å². The highest BCUT2D eigenvalue weighted by Crippen LogP contribution is 2.21. The Morgan fingerprint density at radius 3 is 2.53 bits per heavy atom. The molecule has 0 saturated carbocycles. The fourth-order valence-corrected chi connectivity index (χ4v) is 2.29. The summed E-state index contributed by atoms with van der Waals surface area (Å²) in [4.78, 5) is 11.6. The average Bonchev–Trinajstić information content (AvgIpc) is 2.29. The molecule has 0 radical (unpaired) electrons. The monoisotopic (exact) mass is 256 g/mol. The van der Waals surface area contributed by atoms with Crippen LogP contribution in [0.3, 0.4) is 0 Å². The molecule has 94 valence electrons. The average molecular weight is 256 g/mol.